The fourth-order valence-corrected chi connectivity index (χ4v) is 6.45. The standard InChI is InChI=1S/C30H35N3O8/c1-29(2,3)32-12-14-6-9-19(41-14)15-7-8-18(34)21-16(15)10-13-11-17-23(33(4)5)25(36)22(28(31)39)27(38)30(17,40)26(37)20(13)24(21)35/h6-9,13,17,23,32,34,36-37,40H,10-12H2,1-5H3,(H2,31,39)/t13-,17-,23-,30-/m1/s1. The van der Waals surface area contributed by atoms with E-state index in [1.54, 1.807) is 26.2 Å². The van der Waals surface area contributed by atoms with Crippen molar-refractivity contribution in [2.75, 3.05) is 14.1 Å². The van der Waals surface area contributed by atoms with Gasteiger partial charge in [0.25, 0.3) is 5.91 Å². The van der Waals surface area contributed by atoms with Crippen LogP contribution in [0.4, 0.5) is 0 Å². The van der Waals surface area contributed by atoms with Gasteiger partial charge in [-0.2, -0.15) is 0 Å². The number of phenolic OH excluding ortho intramolecular Hbond substituents is 1. The summed E-state index contributed by atoms with van der Waals surface area (Å²) in [6, 6.07) is 5.59. The van der Waals surface area contributed by atoms with E-state index in [2.05, 4.69) is 5.32 Å². The van der Waals surface area contributed by atoms with Crippen LogP contribution in [-0.2, 0) is 22.6 Å². The van der Waals surface area contributed by atoms with Gasteiger partial charge in [0, 0.05) is 22.6 Å². The molecular formula is C30H35N3O8. The number of fused-ring (bicyclic) bond motifs is 3. The molecule has 2 aromatic rings. The molecule has 0 spiro atoms. The number of aliphatic hydroxyl groups excluding tert-OH is 2. The number of primary amides is 1. The van der Waals surface area contributed by atoms with Crippen molar-refractivity contribution in [1.82, 2.24) is 10.2 Å². The minimum Gasteiger partial charge on any atom is -0.510 e. The number of aliphatic hydroxyl groups is 3. The number of ketones is 2. The lowest BCUT2D eigenvalue weighted by Gasteiger charge is -2.50. The number of furan rings is 1. The van der Waals surface area contributed by atoms with E-state index in [-0.39, 0.29) is 35.3 Å². The fraction of sp³-hybridized carbons (Fsp3) is 0.433. The number of aromatic hydroxyl groups is 1. The molecule has 5 rings (SSSR count). The number of carbonyl (C=O) groups is 3. The molecule has 0 saturated carbocycles. The van der Waals surface area contributed by atoms with E-state index in [9.17, 15) is 34.8 Å². The van der Waals surface area contributed by atoms with Crippen molar-refractivity contribution in [2.45, 2.75) is 57.3 Å². The Labute approximate surface area is 236 Å². The second kappa shape index (κ2) is 9.57. The molecule has 4 atom stereocenters. The van der Waals surface area contributed by atoms with Crippen molar-refractivity contribution in [3.05, 3.63) is 63.8 Å². The normalized spacial score (nSPS) is 26.3. The summed E-state index contributed by atoms with van der Waals surface area (Å²) in [5, 5.41) is 48.2. The van der Waals surface area contributed by atoms with Crippen LogP contribution in [0.5, 0.6) is 5.75 Å². The van der Waals surface area contributed by atoms with Crippen molar-refractivity contribution in [1.29, 1.82) is 0 Å². The molecule has 1 amide bonds. The molecule has 0 aliphatic heterocycles. The number of rotatable bonds is 5. The number of Topliss-reactive ketones (excluding diaryl/α,β-unsaturated/α-hetero) is 2. The molecule has 41 heavy (non-hydrogen) atoms. The lowest BCUT2D eigenvalue weighted by Crippen LogP contribution is -2.63. The zero-order valence-corrected chi connectivity index (χ0v) is 23.6. The summed E-state index contributed by atoms with van der Waals surface area (Å²) >= 11 is 0. The molecule has 0 saturated heterocycles. The van der Waals surface area contributed by atoms with Crippen molar-refractivity contribution >= 4 is 17.5 Å². The molecule has 3 aliphatic rings. The molecule has 1 aromatic heterocycles. The van der Waals surface area contributed by atoms with Gasteiger partial charge < -0.3 is 35.9 Å². The van der Waals surface area contributed by atoms with E-state index in [0.29, 0.717) is 29.2 Å². The van der Waals surface area contributed by atoms with E-state index in [1.165, 1.54) is 11.0 Å². The van der Waals surface area contributed by atoms with Crippen LogP contribution < -0.4 is 11.1 Å². The largest absolute Gasteiger partial charge is 0.510 e. The molecule has 1 aromatic carbocycles. The van der Waals surface area contributed by atoms with E-state index >= 15 is 0 Å². The lowest BCUT2D eigenvalue weighted by atomic mass is 9.58. The number of hydrogen-bond donors (Lipinski definition) is 6. The Balaban J connectivity index is 1.62. The Morgan fingerprint density at radius 2 is 1.83 bits per heavy atom. The van der Waals surface area contributed by atoms with Gasteiger partial charge in [-0.25, -0.2) is 0 Å². The van der Waals surface area contributed by atoms with Gasteiger partial charge in [-0.1, -0.05) is 0 Å². The van der Waals surface area contributed by atoms with Gasteiger partial charge in [0.05, 0.1) is 18.2 Å². The van der Waals surface area contributed by atoms with Gasteiger partial charge in [0.1, 0.15) is 34.4 Å². The number of hydrogen-bond acceptors (Lipinski definition) is 10. The first kappa shape index (κ1) is 28.6. The zero-order valence-electron chi connectivity index (χ0n) is 23.6. The Morgan fingerprint density at radius 1 is 1.15 bits per heavy atom. The first-order chi connectivity index (χ1) is 19.1. The number of phenols is 1. The Hall–Kier alpha value is -3.93. The lowest BCUT2D eigenvalue weighted by molar-refractivity contribution is -0.148. The number of amides is 1. The van der Waals surface area contributed by atoms with E-state index < -0.39 is 58.0 Å². The van der Waals surface area contributed by atoms with Gasteiger partial charge in [0.15, 0.2) is 11.4 Å². The molecule has 0 fully saturated rings. The molecule has 218 valence electrons. The SMILES string of the molecule is CN(C)[C@H]1C(O)=C(C(N)=O)C(=O)[C@]2(O)C(O)=C3C(=O)c4c(O)ccc(-c5ccc(CNC(C)(C)C)o5)c4C[C@@H]3C[C@H]12. The Morgan fingerprint density at radius 3 is 2.44 bits per heavy atom. The van der Waals surface area contributed by atoms with Crippen LogP contribution in [-0.4, -0.2) is 74.1 Å². The third-order valence-electron chi connectivity index (χ3n) is 8.33. The first-order valence-electron chi connectivity index (χ1n) is 13.4. The number of likely N-dealkylation sites (N-methyl/N-ethyl adjacent to an activating group) is 1. The van der Waals surface area contributed by atoms with Crippen molar-refractivity contribution in [3.8, 4) is 17.1 Å². The number of nitrogens with zero attached hydrogens (tertiary/aromatic N) is 1. The minimum absolute atomic E-state index is 0.0137. The molecule has 0 unspecified atom stereocenters. The van der Waals surface area contributed by atoms with Crippen LogP contribution in [0.2, 0.25) is 0 Å². The molecule has 11 nitrogen and oxygen atoms in total. The number of benzene rings is 1. The second-order valence-corrected chi connectivity index (χ2v) is 12.3. The highest BCUT2D eigenvalue weighted by Crippen LogP contribution is 2.53. The second-order valence-electron chi connectivity index (χ2n) is 12.3. The van der Waals surface area contributed by atoms with Gasteiger partial charge in [-0.05, 0) is 83.5 Å². The number of nitrogens with one attached hydrogen (secondary N) is 1. The van der Waals surface area contributed by atoms with E-state index in [0.717, 1.165) is 0 Å². The topological polar surface area (TPSA) is 187 Å². The van der Waals surface area contributed by atoms with Crippen molar-refractivity contribution in [2.24, 2.45) is 17.6 Å². The average Bonchev–Trinajstić information content (AvgIpc) is 3.33. The average molecular weight is 566 g/mol. The number of carbonyl (C=O) groups excluding carboxylic acids is 3. The maximum atomic E-state index is 13.9. The van der Waals surface area contributed by atoms with Crippen LogP contribution in [0.25, 0.3) is 11.3 Å². The third kappa shape index (κ3) is 4.35. The predicted octanol–water partition coefficient (Wildman–Crippen LogP) is 2.27. The van der Waals surface area contributed by atoms with Gasteiger partial charge in [-0.3, -0.25) is 19.3 Å². The third-order valence-corrected chi connectivity index (χ3v) is 8.33. The maximum Gasteiger partial charge on any atom is 0.255 e. The molecule has 0 radical (unpaired) electrons. The highest BCUT2D eigenvalue weighted by Gasteiger charge is 2.63. The highest BCUT2D eigenvalue weighted by molar-refractivity contribution is 6.24. The zero-order chi connectivity index (χ0) is 30.2. The van der Waals surface area contributed by atoms with E-state index in [1.807, 2.05) is 26.8 Å². The summed E-state index contributed by atoms with van der Waals surface area (Å²) in [5.74, 6) is -5.67. The van der Waals surface area contributed by atoms with Crippen molar-refractivity contribution in [3.63, 3.8) is 0 Å². The molecule has 0 bridgehead atoms. The summed E-state index contributed by atoms with van der Waals surface area (Å²) in [4.78, 5) is 40.9. The van der Waals surface area contributed by atoms with Crippen LogP contribution in [0, 0.1) is 11.8 Å². The summed E-state index contributed by atoms with van der Waals surface area (Å²) in [6.45, 7) is 6.59. The van der Waals surface area contributed by atoms with Crippen molar-refractivity contribution < 1.29 is 39.2 Å². The fourth-order valence-electron chi connectivity index (χ4n) is 6.45. The van der Waals surface area contributed by atoms with Gasteiger partial charge in [0.2, 0.25) is 5.78 Å². The van der Waals surface area contributed by atoms with Crippen LogP contribution in [0.3, 0.4) is 0 Å². The minimum atomic E-state index is -2.67. The predicted molar refractivity (Wildman–Crippen MR) is 148 cm³/mol. The van der Waals surface area contributed by atoms with Crippen LogP contribution >= 0.6 is 0 Å². The summed E-state index contributed by atoms with van der Waals surface area (Å²) in [5.41, 5.74) is 2.58. The monoisotopic (exact) mass is 565 g/mol. The number of allylic oxidation sites excluding steroid dienone is 1. The Kier molecular flexibility index (Phi) is 6.68. The Bertz CT molecular complexity index is 1540. The quantitative estimate of drug-likeness (QED) is 0.294. The van der Waals surface area contributed by atoms with E-state index in [4.69, 9.17) is 10.2 Å². The first-order valence-corrected chi connectivity index (χ1v) is 13.4. The molecule has 3 aliphatic carbocycles. The highest BCUT2D eigenvalue weighted by atomic mass is 16.4. The molecule has 7 N–H and O–H groups in total. The summed E-state index contributed by atoms with van der Waals surface area (Å²) in [7, 11) is 3.18. The van der Waals surface area contributed by atoms with Gasteiger partial charge in [-0.15, -0.1) is 0 Å². The molecule has 11 heteroatoms. The van der Waals surface area contributed by atoms with Gasteiger partial charge >= 0.3 is 0 Å². The molecule has 1 heterocycles. The number of nitrogens with two attached hydrogens (primary N) is 1. The van der Waals surface area contributed by atoms with Crippen LogP contribution in [0.15, 0.2) is 51.3 Å². The summed E-state index contributed by atoms with van der Waals surface area (Å²) in [6.07, 6.45) is 0.189. The smallest absolute Gasteiger partial charge is 0.255 e. The maximum absolute atomic E-state index is 13.9. The molecular weight excluding hydrogens is 530 g/mol. The summed E-state index contributed by atoms with van der Waals surface area (Å²) < 4.78 is 6.09. The van der Waals surface area contributed by atoms with Crippen LogP contribution in [0.1, 0.15) is 48.9 Å².